The van der Waals surface area contributed by atoms with Gasteiger partial charge in [-0.15, -0.1) is 0 Å². The van der Waals surface area contributed by atoms with Gasteiger partial charge >= 0.3 is 0 Å². The van der Waals surface area contributed by atoms with Crippen LogP contribution in [0.1, 0.15) is 47.8 Å². The molecule has 1 N–H and O–H groups in total. The van der Waals surface area contributed by atoms with Crippen LogP contribution in [0.25, 0.3) is 0 Å². The van der Waals surface area contributed by atoms with Gasteiger partial charge in [-0.2, -0.15) is 0 Å². The molecule has 1 unspecified atom stereocenters. The Morgan fingerprint density at radius 3 is 2.60 bits per heavy atom. The summed E-state index contributed by atoms with van der Waals surface area (Å²) in [5, 5.41) is 3.60. The van der Waals surface area contributed by atoms with Gasteiger partial charge in [0.1, 0.15) is 0 Å². The van der Waals surface area contributed by atoms with Crippen molar-refractivity contribution in [2.45, 2.75) is 40.2 Å². The van der Waals surface area contributed by atoms with E-state index < -0.39 is 0 Å². The normalized spacial score (nSPS) is 12.4. The van der Waals surface area contributed by atoms with Crippen molar-refractivity contribution in [1.29, 1.82) is 0 Å². The summed E-state index contributed by atoms with van der Waals surface area (Å²) in [5.74, 6) is 0. The molecular weight excluding hydrogens is 244 g/mol. The van der Waals surface area contributed by atoms with Crippen LogP contribution in [-0.4, -0.2) is 11.5 Å². The highest BCUT2D eigenvalue weighted by atomic mass is 14.9. The predicted molar refractivity (Wildman–Crippen MR) is 85.1 cm³/mol. The fourth-order valence-electron chi connectivity index (χ4n) is 2.65. The maximum atomic E-state index is 4.65. The molecule has 1 aromatic heterocycles. The lowest BCUT2D eigenvalue weighted by atomic mass is 9.92. The van der Waals surface area contributed by atoms with E-state index in [-0.39, 0.29) is 6.04 Å². The highest BCUT2D eigenvalue weighted by Gasteiger charge is 2.19. The third-order valence-corrected chi connectivity index (χ3v) is 3.95. The van der Waals surface area contributed by atoms with Crippen molar-refractivity contribution in [3.63, 3.8) is 0 Å². The minimum Gasteiger partial charge on any atom is -0.305 e. The Morgan fingerprint density at radius 2 is 1.90 bits per heavy atom. The Balaban J connectivity index is 2.53. The summed E-state index contributed by atoms with van der Waals surface area (Å²) in [4.78, 5) is 4.65. The van der Waals surface area contributed by atoms with E-state index in [1.807, 2.05) is 12.3 Å². The molecule has 0 aliphatic carbocycles. The molecule has 0 aliphatic rings. The van der Waals surface area contributed by atoms with Crippen molar-refractivity contribution < 1.29 is 0 Å². The van der Waals surface area contributed by atoms with Crippen LogP contribution >= 0.6 is 0 Å². The lowest BCUT2D eigenvalue weighted by Gasteiger charge is -2.23. The zero-order valence-electron chi connectivity index (χ0n) is 12.9. The van der Waals surface area contributed by atoms with Crippen molar-refractivity contribution >= 4 is 0 Å². The minimum absolute atomic E-state index is 0.177. The predicted octanol–water partition coefficient (Wildman–Crippen LogP) is 3.96. The summed E-state index contributed by atoms with van der Waals surface area (Å²) >= 11 is 0. The van der Waals surface area contributed by atoms with Gasteiger partial charge in [-0.3, -0.25) is 4.98 Å². The highest BCUT2D eigenvalue weighted by Crippen LogP contribution is 2.27. The first-order chi connectivity index (χ1) is 9.69. The van der Waals surface area contributed by atoms with E-state index in [2.05, 4.69) is 62.3 Å². The van der Waals surface area contributed by atoms with E-state index in [4.69, 9.17) is 0 Å². The molecule has 20 heavy (non-hydrogen) atoms. The average Bonchev–Trinajstić information content (AvgIpc) is 2.48. The molecule has 0 saturated heterocycles. The van der Waals surface area contributed by atoms with Crippen LogP contribution < -0.4 is 5.32 Å². The van der Waals surface area contributed by atoms with Gasteiger partial charge in [0.15, 0.2) is 0 Å². The molecule has 2 aromatic rings. The van der Waals surface area contributed by atoms with Crippen molar-refractivity contribution in [3.05, 3.63) is 64.5 Å². The maximum Gasteiger partial charge on any atom is 0.0756 e. The summed E-state index contributed by atoms with van der Waals surface area (Å²) in [7, 11) is 0. The molecule has 106 valence electrons. The fourth-order valence-corrected chi connectivity index (χ4v) is 2.65. The maximum absolute atomic E-state index is 4.65. The third-order valence-electron chi connectivity index (χ3n) is 3.95. The topological polar surface area (TPSA) is 24.9 Å². The molecule has 0 bridgehead atoms. The van der Waals surface area contributed by atoms with Crippen LogP contribution in [0.5, 0.6) is 0 Å². The second kappa shape index (κ2) is 6.67. The first-order valence-corrected chi connectivity index (χ1v) is 7.42. The zero-order valence-corrected chi connectivity index (χ0v) is 12.9. The number of hydrogen-bond donors (Lipinski definition) is 1. The van der Waals surface area contributed by atoms with Crippen LogP contribution in [0.4, 0.5) is 0 Å². The molecule has 1 heterocycles. The highest BCUT2D eigenvalue weighted by molar-refractivity contribution is 5.40. The van der Waals surface area contributed by atoms with Crippen LogP contribution in [0.2, 0.25) is 0 Å². The van der Waals surface area contributed by atoms with E-state index in [0.717, 1.165) is 18.7 Å². The van der Waals surface area contributed by atoms with Gasteiger partial charge in [-0.1, -0.05) is 38.1 Å². The molecular formula is C18H24N2. The lowest BCUT2D eigenvalue weighted by molar-refractivity contribution is 0.606. The summed E-state index contributed by atoms with van der Waals surface area (Å²) in [6.07, 6.45) is 2.90. The summed E-state index contributed by atoms with van der Waals surface area (Å²) in [5.41, 5.74) is 6.50. The summed E-state index contributed by atoms with van der Waals surface area (Å²) < 4.78 is 0. The number of nitrogens with zero attached hydrogens (tertiary/aromatic N) is 1. The monoisotopic (exact) mass is 268 g/mol. The van der Waals surface area contributed by atoms with E-state index in [9.17, 15) is 0 Å². The first-order valence-electron chi connectivity index (χ1n) is 7.42. The SMILES string of the molecule is CCNC(c1cccc(C)c1C)c1ncccc1CC. The second-order valence-corrected chi connectivity index (χ2v) is 5.18. The molecule has 0 fully saturated rings. The molecule has 0 radical (unpaired) electrons. The molecule has 0 saturated carbocycles. The van der Waals surface area contributed by atoms with E-state index in [1.54, 1.807) is 0 Å². The quantitative estimate of drug-likeness (QED) is 0.888. The smallest absolute Gasteiger partial charge is 0.0756 e. The second-order valence-electron chi connectivity index (χ2n) is 5.18. The number of hydrogen-bond acceptors (Lipinski definition) is 2. The number of benzene rings is 1. The van der Waals surface area contributed by atoms with E-state index in [1.165, 1.54) is 22.3 Å². The van der Waals surface area contributed by atoms with Gasteiger partial charge in [0, 0.05) is 6.20 Å². The van der Waals surface area contributed by atoms with Crippen molar-refractivity contribution in [1.82, 2.24) is 10.3 Å². The van der Waals surface area contributed by atoms with Gasteiger partial charge in [-0.25, -0.2) is 0 Å². The van der Waals surface area contributed by atoms with Crippen LogP contribution in [0.15, 0.2) is 36.5 Å². The number of pyridine rings is 1. The Kier molecular flexibility index (Phi) is 4.91. The van der Waals surface area contributed by atoms with Crippen LogP contribution in [-0.2, 0) is 6.42 Å². The lowest BCUT2D eigenvalue weighted by Crippen LogP contribution is -2.25. The largest absolute Gasteiger partial charge is 0.305 e. The van der Waals surface area contributed by atoms with Gasteiger partial charge in [0.05, 0.1) is 11.7 Å². The minimum atomic E-state index is 0.177. The Bertz CT molecular complexity index is 575. The van der Waals surface area contributed by atoms with Gasteiger partial charge in [-0.05, 0) is 55.1 Å². The number of nitrogens with one attached hydrogen (secondary N) is 1. The number of rotatable bonds is 5. The van der Waals surface area contributed by atoms with Crippen molar-refractivity contribution in [3.8, 4) is 0 Å². The molecule has 1 aromatic carbocycles. The van der Waals surface area contributed by atoms with Crippen molar-refractivity contribution in [2.75, 3.05) is 6.54 Å². The number of aromatic nitrogens is 1. The molecule has 0 spiro atoms. The Morgan fingerprint density at radius 1 is 1.10 bits per heavy atom. The standard InChI is InChI=1S/C18H24N2/c1-5-15-10-8-12-20-17(15)18(19-6-2)16-11-7-9-13(3)14(16)4/h7-12,18-19H,5-6H2,1-4H3. The van der Waals surface area contributed by atoms with Gasteiger partial charge in [0.2, 0.25) is 0 Å². The van der Waals surface area contributed by atoms with Crippen LogP contribution in [0.3, 0.4) is 0 Å². The number of aryl methyl sites for hydroxylation is 2. The van der Waals surface area contributed by atoms with Crippen molar-refractivity contribution in [2.24, 2.45) is 0 Å². The summed E-state index contributed by atoms with van der Waals surface area (Å²) in [6.45, 7) is 9.63. The molecule has 2 heteroatoms. The molecule has 1 atom stereocenters. The molecule has 2 rings (SSSR count). The van der Waals surface area contributed by atoms with Gasteiger partial charge < -0.3 is 5.32 Å². The van der Waals surface area contributed by atoms with E-state index >= 15 is 0 Å². The van der Waals surface area contributed by atoms with Gasteiger partial charge in [0.25, 0.3) is 0 Å². The Hall–Kier alpha value is -1.67. The average molecular weight is 268 g/mol. The van der Waals surface area contributed by atoms with E-state index in [0.29, 0.717) is 0 Å². The molecule has 0 aliphatic heterocycles. The molecule has 2 nitrogen and oxygen atoms in total. The fraction of sp³-hybridized carbons (Fsp3) is 0.389. The Labute approximate surface area is 122 Å². The molecule has 0 amide bonds. The zero-order chi connectivity index (χ0) is 14.5. The first kappa shape index (κ1) is 14.7. The van der Waals surface area contributed by atoms with Crippen LogP contribution in [0, 0.1) is 13.8 Å². The summed E-state index contributed by atoms with van der Waals surface area (Å²) in [6, 6.07) is 10.9. The third kappa shape index (κ3) is 2.91.